The van der Waals surface area contributed by atoms with Crippen molar-refractivity contribution in [1.29, 1.82) is 0 Å². The van der Waals surface area contributed by atoms with E-state index >= 15 is 0 Å². The fraction of sp³-hybridized carbons (Fsp3) is 0.259. The van der Waals surface area contributed by atoms with Crippen molar-refractivity contribution >= 4 is 23.6 Å². The molecule has 0 aliphatic heterocycles. The SMILES string of the molecule is Cc1ccc([Si](/C=C/C(C)(C)C)(c2ccc(C)cc2)c2ccc(C)cc2)cc1. The first-order chi connectivity index (χ1) is 13.2. The molecule has 0 unspecified atom stereocenters. The number of allylic oxidation sites excluding steroid dienone is 1. The van der Waals surface area contributed by atoms with Crippen LogP contribution in [0.5, 0.6) is 0 Å². The van der Waals surface area contributed by atoms with E-state index in [0.29, 0.717) is 0 Å². The molecule has 3 aromatic carbocycles. The topological polar surface area (TPSA) is 0 Å². The van der Waals surface area contributed by atoms with Crippen LogP contribution in [0.1, 0.15) is 37.5 Å². The minimum atomic E-state index is -2.28. The predicted molar refractivity (Wildman–Crippen MR) is 127 cm³/mol. The second-order valence-corrected chi connectivity index (χ2v) is 12.8. The molecule has 0 spiro atoms. The molecular weight excluding hydrogens is 352 g/mol. The molecule has 0 bridgehead atoms. The molecule has 1 heteroatoms. The van der Waals surface area contributed by atoms with Crippen molar-refractivity contribution in [1.82, 2.24) is 0 Å². The van der Waals surface area contributed by atoms with Gasteiger partial charge in [0.15, 0.2) is 8.07 Å². The molecule has 3 rings (SSSR count). The van der Waals surface area contributed by atoms with E-state index in [1.165, 1.54) is 32.3 Å². The Morgan fingerprint density at radius 3 is 1.07 bits per heavy atom. The van der Waals surface area contributed by atoms with Gasteiger partial charge in [-0.2, -0.15) is 0 Å². The second kappa shape index (κ2) is 7.93. The number of rotatable bonds is 4. The molecule has 0 atom stereocenters. The van der Waals surface area contributed by atoms with Crippen LogP contribution in [-0.4, -0.2) is 8.07 Å². The summed E-state index contributed by atoms with van der Waals surface area (Å²) in [5.74, 6) is 0. The Balaban J connectivity index is 2.36. The molecule has 28 heavy (non-hydrogen) atoms. The zero-order valence-electron chi connectivity index (χ0n) is 18.1. The Hall–Kier alpha value is -2.38. The molecule has 0 fully saturated rings. The summed E-state index contributed by atoms with van der Waals surface area (Å²) in [4.78, 5) is 0. The van der Waals surface area contributed by atoms with Crippen LogP contribution in [0.4, 0.5) is 0 Å². The zero-order chi connectivity index (χ0) is 20.4. The van der Waals surface area contributed by atoms with Crippen molar-refractivity contribution in [3.63, 3.8) is 0 Å². The third-order valence-corrected chi connectivity index (χ3v) is 9.75. The van der Waals surface area contributed by atoms with Gasteiger partial charge in [-0.25, -0.2) is 0 Å². The molecule has 0 heterocycles. The summed E-state index contributed by atoms with van der Waals surface area (Å²) in [6.45, 7) is 13.3. The standard InChI is InChI=1S/C27H32Si/c1-21-7-13-24(14-8-21)28(20-19-27(4,5)6,25-15-9-22(2)10-16-25)26-17-11-23(3)12-18-26/h7-20H,1-6H3/b20-19+. The number of aryl methyl sites for hydroxylation is 3. The molecule has 144 valence electrons. The summed E-state index contributed by atoms with van der Waals surface area (Å²) >= 11 is 0. The number of hydrogen-bond acceptors (Lipinski definition) is 0. The third-order valence-electron chi connectivity index (χ3n) is 5.35. The zero-order valence-corrected chi connectivity index (χ0v) is 19.1. The maximum absolute atomic E-state index is 2.55. The van der Waals surface area contributed by atoms with E-state index in [4.69, 9.17) is 0 Å². The van der Waals surface area contributed by atoms with Gasteiger partial charge in [0.2, 0.25) is 0 Å². The highest BCUT2D eigenvalue weighted by Gasteiger charge is 2.37. The highest BCUT2D eigenvalue weighted by molar-refractivity contribution is 7.14. The second-order valence-electron chi connectivity index (χ2n) is 9.11. The Kier molecular flexibility index (Phi) is 5.76. The fourth-order valence-corrected chi connectivity index (χ4v) is 8.02. The summed E-state index contributed by atoms with van der Waals surface area (Å²) in [6, 6.07) is 27.6. The lowest BCUT2D eigenvalue weighted by Crippen LogP contribution is -2.66. The van der Waals surface area contributed by atoms with Gasteiger partial charge in [0.1, 0.15) is 0 Å². The smallest absolute Gasteiger partial charge is 0.0860 e. The van der Waals surface area contributed by atoms with E-state index in [9.17, 15) is 0 Å². The van der Waals surface area contributed by atoms with Crippen molar-refractivity contribution in [2.75, 3.05) is 0 Å². The van der Waals surface area contributed by atoms with E-state index in [0.717, 1.165) is 0 Å². The summed E-state index contributed by atoms with van der Waals surface area (Å²) in [5, 5.41) is 4.31. The van der Waals surface area contributed by atoms with E-state index in [1.807, 2.05) is 0 Å². The van der Waals surface area contributed by atoms with Crippen molar-refractivity contribution in [3.05, 3.63) is 101 Å². The summed E-state index contributed by atoms with van der Waals surface area (Å²) in [5.41, 5.74) is 6.60. The number of hydrogen-bond donors (Lipinski definition) is 0. The first kappa shape index (κ1) is 20.4. The molecule has 0 saturated carbocycles. The van der Waals surface area contributed by atoms with Gasteiger partial charge in [-0.3, -0.25) is 0 Å². The van der Waals surface area contributed by atoms with E-state index in [-0.39, 0.29) is 5.41 Å². The normalized spacial score (nSPS) is 12.5. The lowest BCUT2D eigenvalue weighted by molar-refractivity contribution is 0.545. The van der Waals surface area contributed by atoms with Crippen molar-refractivity contribution in [3.8, 4) is 0 Å². The van der Waals surface area contributed by atoms with Crippen LogP contribution in [0, 0.1) is 26.2 Å². The molecule has 0 nitrogen and oxygen atoms in total. The lowest BCUT2D eigenvalue weighted by atomic mass is 9.98. The van der Waals surface area contributed by atoms with Crippen LogP contribution < -0.4 is 15.6 Å². The van der Waals surface area contributed by atoms with E-state index in [2.05, 4.69) is 126 Å². The van der Waals surface area contributed by atoms with Crippen LogP contribution in [0.2, 0.25) is 0 Å². The molecule has 0 aliphatic carbocycles. The molecule has 0 aliphatic rings. The predicted octanol–water partition coefficient (Wildman–Crippen LogP) is 5.22. The average molecular weight is 385 g/mol. The average Bonchev–Trinajstić information content (AvgIpc) is 2.65. The number of benzene rings is 3. The molecule has 3 aromatic rings. The Morgan fingerprint density at radius 1 is 0.536 bits per heavy atom. The Bertz CT molecular complexity index is 826. The van der Waals surface area contributed by atoms with Gasteiger partial charge < -0.3 is 0 Å². The van der Waals surface area contributed by atoms with Crippen molar-refractivity contribution in [2.24, 2.45) is 5.41 Å². The van der Waals surface area contributed by atoms with Gasteiger partial charge in [-0.05, 0) is 41.7 Å². The van der Waals surface area contributed by atoms with Gasteiger partial charge in [0, 0.05) is 0 Å². The Labute approximate surface area is 172 Å². The van der Waals surface area contributed by atoms with Crippen LogP contribution in [0.3, 0.4) is 0 Å². The maximum Gasteiger partial charge on any atom is 0.172 e. The Morgan fingerprint density at radius 2 is 0.821 bits per heavy atom. The largest absolute Gasteiger partial charge is 0.172 e. The first-order valence-corrected chi connectivity index (χ1v) is 12.2. The monoisotopic (exact) mass is 384 g/mol. The third kappa shape index (κ3) is 4.36. The van der Waals surface area contributed by atoms with Crippen LogP contribution in [-0.2, 0) is 0 Å². The van der Waals surface area contributed by atoms with Gasteiger partial charge >= 0.3 is 0 Å². The first-order valence-electron chi connectivity index (χ1n) is 10.1. The van der Waals surface area contributed by atoms with E-state index in [1.54, 1.807) is 0 Å². The highest BCUT2D eigenvalue weighted by Crippen LogP contribution is 2.19. The minimum absolute atomic E-state index is 0.137. The molecule has 0 saturated heterocycles. The fourth-order valence-electron chi connectivity index (χ4n) is 3.61. The molecule has 0 amide bonds. The van der Waals surface area contributed by atoms with Gasteiger partial charge in [-0.1, -0.05) is 122 Å². The summed E-state index contributed by atoms with van der Waals surface area (Å²) in [7, 11) is -2.28. The molecule has 0 radical (unpaired) electrons. The molecular formula is C27H32Si. The minimum Gasteiger partial charge on any atom is -0.0860 e. The van der Waals surface area contributed by atoms with Gasteiger partial charge in [-0.15, -0.1) is 0 Å². The quantitative estimate of drug-likeness (QED) is 0.427. The van der Waals surface area contributed by atoms with Gasteiger partial charge in [0.25, 0.3) is 0 Å². The van der Waals surface area contributed by atoms with E-state index < -0.39 is 8.07 Å². The lowest BCUT2D eigenvalue weighted by Gasteiger charge is -2.32. The van der Waals surface area contributed by atoms with Crippen LogP contribution >= 0.6 is 0 Å². The maximum atomic E-state index is 2.55. The van der Waals surface area contributed by atoms with Crippen molar-refractivity contribution in [2.45, 2.75) is 41.5 Å². The summed E-state index contributed by atoms with van der Waals surface area (Å²) in [6.07, 6.45) is 2.42. The van der Waals surface area contributed by atoms with Crippen molar-refractivity contribution < 1.29 is 0 Å². The van der Waals surface area contributed by atoms with Gasteiger partial charge in [0.05, 0.1) is 0 Å². The van der Waals surface area contributed by atoms with Crippen LogP contribution in [0.25, 0.3) is 0 Å². The molecule has 0 N–H and O–H groups in total. The van der Waals surface area contributed by atoms with Crippen LogP contribution in [0.15, 0.2) is 84.6 Å². The highest BCUT2D eigenvalue weighted by atomic mass is 28.3. The molecule has 0 aromatic heterocycles. The summed E-state index contributed by atoms with van der Waals surface area (Å²) < 4.78 is 0.